The number of carbonyl (C=O) groups is 2. The summed E-state index contributed by atoms with van der Waals surface area (Å²) in [7, 11) is -3.79. The highest BCUT2D eigenvalue weighted by Gasteiger charge is 2.15. The smallest absolute Gasteiger partial charge is 0.342 e. The van der Waals surface area contributed by atoms with Crippen molar-refractivity contribution in [2.24, 2.45) is 5.14 Å². The quantitative estimate of drug-likeness (QED) is 0.783. The summed E-state index contributed by atoms with van der Waals surface area (Å²) >= 11 is 0. The second-order valence-corrected chi connectivity index (χ2v) is 6.15. The van der Waals surface area contributed by atoms with Gasteiger partial charge in [0.05, 0.1) is 11.2 Å². The first-order valence-corrected chi connectivity index (χ1v) is 7.96. The molecule has 0 spiro atoms. The summed E-state index contributed by atoms with van der Waals surface area (Å²) in [5, 5.41) is 7.43. The number of esters is 1. The average molecular weight is 338 g/mol. The van der Waals surface area contributed by atoms with E-state index in [1.807, 2.05) is 0 Å². The van der Waals surface area contributed by atoms with Gasteiger partial charge >= 0.3 is 5.97 Å². The normalized spacial score (nSPS) is 11.0. The van der Waals surface area contributed by atoms with E-state index < -0.39 is 28.5 Å². The van der Waals surface area contributed by atoms with Gasteiger partial charge in [-0.2, -0.15) is 0 Å². The summed E-state index contributed by atoms with van der Waals surface area (Å²) in [5.74, 6) is -0.840. The van der Waals surface area contributed by atoms with Gasteiger partial charge in [0.15, 0.2) is 6.61 Å². The lowest BCUT2D eigenvalue weighted by Crippen LogP contribution is -2.21. The highest BCUT2D eigenvalue weighted by atomic mass is 32.2. The lowest BCUT2D eigenvalue weighted by atomic mass is 10.3. The first-order chi connectivity index (χ1) is 10.8. The molecule has 0 aliphatic carbocycles. The Balaban J connectivity index is 1.90. The zero-order valence-corrected chi connectivity index (χ0v) is 12.9. The summed E-state index contributed by atoms with van der Waals surface area (Å²) in [4.78, 5) is 23.3. The lowest BCUT2D eigenvalue weighted by Gasteiger charge is -2.07. The SMILES string of the molecule is Cc1occc1C(=O)OCC(=O)Nc1ccc(S(N)(=O)=O)cc1. The van der Waals surface area contributed by atoms with Crippen molar-refractivity contribution in [2.75, 3.05) is 11.9 Å². The molecular formula is C14H14N2O6S. The van der Waals surface area contributed by atoms with E-state index in [9.17, 15) is 18.0 Å². The number of nitrogens with two attached hydrogens (primary N) is 1. The molecule has 0 atom stereocenters. The summed E-state index contributed by atoms with van der Waals surface area (Å²) in [6.07, 6.45) is 1.35. The monoisotopic (exact) mass is 338 g/mol. The zero-order valence-electron chi connectivity index (χ0n) is 12.1. The maximum absolute atomic E-state index is 11.7. The molecule has 0 fully saturated rings. The van der Waals surface area contributed by atoms with Crippen LogP contribution in [0.2, 0.25) is 0 Å². The van der Waals surface area contributed by atoms with E-state index in [2.05, 4.69) is 5.32 Å². The largest absolute Gasteiger partial charge is 0.469 e. The number of hydrogen-bond acceptors (Lipinski definition) is 6. The third kappa shape index (κ3) is 4.41. The van der Waals surface area contributed by atoms with Crippen LogP contribution in [-0.4, -0.2) is 26.9 Å². The van der Waals surface area contributed by atoms with E-state index >= 15 is 0 Å². The standard InChI is InChI=1S/C14H14N2O6S/c1-9-12(6-7-21-9)14(18)22-8-13(17)16-10-2-4-11(5-3-10)23(15,19)20/h2-7H,8H2,1H3,(H,16,17)(H2,15,19,20). The third-order valence-electron chi connectivity index (χ3n) is 2.88. The van der Waals surface area contributed by atoms with Crippen LogP contribution in [0.15, 0.2) is 45.9 Å². The van der Waals surface area contributed by atoms with Crippen LogP contribution in [-0.2, 0) is 19.6 Å². The highest BCUT2D eigenvalue weighted by molar-refractivity contribution is 7.89. The van der Waals surface area contributed by atoms with E-state index in [-0.39, 0.29) is 10.5 Å². The Hall–Kier alpha value is -2.65. The Kier molecular flexibility index (Phi) is 4.82. The fourth-order valence-electron chi connectivity index (χ4n) is 1.73. The maximum atomic E-state index is 11.7. The van der Waals surface area contributed by atoms with Gasteiger partial charge in [-0.3, -0.25) is 4.79 Å². The Morgan fingerprint density at radius 3 is 2.39 bits per heavy atom. The molecule has 0 aliphatic rings. The van der Waals surface area contributed by atoms with E-state index in [1.165, 1.54) is 36.6 Å². The van der Waals surface area contributed by atoms with Gasteiger partial charge in [0, 0.05) is 5.69 Å². The van der Waals surface area contributed by atoms with E-state index in [0.717, 1.165) is 0 Å². The third-order valence-corrected chi connectivity index (χ3v) is 3.81. The number of ether oxygens (including phenoxy) is 1. The van der Waals surface area contributed by atoms with Crippen LogP contribution in [0.3, 0.4) is 0 Å². The molecule has 3 N–H and O–H groups in total. The van der Waals surface area contributed by atoms with Gasteiger partial charge in [-0.1, -0.05) is 0 Å². The number of carbonyl (C=O) groups excluding carboxylic acids is 2. The molecule has 1 aromatic carbocycles. The van der Waals surface area contributed by atoms with Crippen molar-refractivity contribution in [3.63, 3.8) is 0 Å². The first kappa shape index (κ1) is 16.7. The molecule has 0 saturated heterocycles. The molecule has 1 heterocycles. The molecule has 0 saturated carbocycles. The maximum Gasteiger partial charge on any atom is 0.342 e. The van der Waals surface area contributed by atoms with Crippen LogP contribution in [0.5, 0.6) is 0 Å². The van der Waals surface area contributed by atoms with Crippen molar-refractivity contribution in [1.82, 2.24) is 0 Å². The molecule has 1 aromatic heterocycles. The van der Waals surface area contributed by atoms with Crippen LogP contribution in [0.1, 0.15) is 16.1 Å². The number of aryl methyl sites for hydroxylation is 1. The molecule has 2 aromatic rings. The Morgan fingerprint density at radius 2 is 1.87 bits per heavy atom. The van der Waals surface area contributed by atoms with Crippen molar-refractivity contribution in [3.8, 4) is 0 Å². The molecule has 0 bridgehead atoms. The van der Waals surface area contributed by atoms with Crippen molar-refractivity contribution in [2.45, 2.75) is 11.8 Å². The van der Waals surface area contributed by atoms with E-state index in [0.29, 0.717) is 11.4 Å². The van der Waals surface area contributed by atoms with Crippen LogP contribution in [0.25, 0.3) is 0 Å². The highest BCUT2D eigenvalue weighted by Crippen LogP contribution is 2.13. The van der Waals surface area contributed by atoms with Crippen LogP contribution in [0.4, 0.5) is 5.69 Å². The predicted molar refractivity (Wildman–Crippen MR) is 80.2 cm³/mol. The van der Waals surface area contributed by atoms with Gasteiger partial charge in [0.1, 0.15) is 11.3 Å². The molecule has 2 rings (SSSR count). The fourth-order valence-corrected chi connectivity index (χ4v) is 2.25. The molecule has 9 heteroatoms. The predicted octanol–water partition coefficient (Wildman–Crippen LogP) is 1.03. The second kappa shape index (κ2) is 6.63. The van der Waals surface area contributed by atoms with Gasteiger partial charge < -0.3 is 14.5 Å². The number of amides is 1. The summed E-state index contributed by atoms with van der Waals surface area (Å²) in [6.45, 7) is 1.12. The second-order valence-electron chi connectivity index (χ2n) is 4.58. The number of furan rings is 1. The summed E-state index contributed by atoms with van der Waals surface area (Å²) in [6, 6.07) is 6.71. The summed E-state index contributed by atoms with van der Waals surface area (Å²) < 4.78 is 32.0. The zero-order chi connectivity index (χ0) is 17.0. The molecule has 0 unspecified atom stereocenters. The minimum Gasteiger partial charge on any atom is -0.469 e. The van der Waals surface area contributed by atoms with E-state index in [4.69, 9.17) is 14.3 Å². The number of anilines is 1. The molecule has 8 nitrogen and oxygen atoms in total. The molecule has 1 amide bonds. The number of benzene rings is 1. The van der Waals surface area contributed by atoms with Crippen molar-refractivity contribution < 1.29 is 27.2 Å². The molecule has 0 radical (unpaired) electrons. The number of nitrogens with one attached hydrogen (secondary N) is 1. The molecule has 122 valence electrons. The lowest BCUT2D eigenvalue weighted by molar-refractivity contribution is -0.119. The molecular weight excluding hydrogens is 324 g/mol. The first-order valence-electron chi connectivity index (χ1n) is 6.41. The minimum atomic E-state index is -3.79. The van der Waals surface area contributed by atoms with Crippen LogP contribution in [0, 0.1) is 6.92 Å². The Morgan fingerprint density at radius 1 is 1.22 bits per heavy atom. The minimum absolute atomic E-state index is 0.0719. The van der Waals surface area contributed by atoms with Gasteiger partial charge in [0.25, 0.3) is 5.91 Å². The van der Waals surface area contributed by atoms with E-state index in [1.54, 1.807) is 6.92 Å². The van der Waals surface area contributed by atoms with Crippen LogP contribution < -0.4 is 10.5 Å². The molecule has 0 aliphatic heterocycles. The van der Waals surface area contributed by atoms with Crippen molar-refractivity contribution >= 4 is 27.6 Å². The molecule has 23 heavy (non-hydrogen) atoms. The summed E-state index contributed by atoms with van der Waals surface area (Å²) in [5.41, 5.74) is 0.591. The van der Waals surface area contributed by atoms with Crippen LogP contribution >= 0.6 is 0 Å². The van der Waals surface area contributed by atoms with Gasteiger partial charge in [-0.05, 0) is 37.3 Å². The van der Waals surface area contributed by atoms with Gasteiger partial charge in [-0.15, -0.1) is 0 Å². The Labute approximate surface area is 132 Å². The topological polar surface area (TPSA) is 129 Å². The number of primary sulfonamides is 1. The Bertz CT molecular complexity index is 823. The van der Waals surface area contributed by atoms with Crippen molar-refractivity contribution in [3.05, 3.63) is 47.9 Å². The number of sulfonamides is 1. The van der Waals surface area contributed by atoms with Crippen molar-refractivity contribution in [1.29, 1.82) is 0 Å². The van der Waals surface area contributed by atoms with Gasteiger partial charge in [-0.25, -0.2) is 18.4 Å². The number of hydrogen-bond donors (Lipinski definition) is 2. The van der Waals surface area contributed by atoms with Gasteiger partial charge in [0.2, 0.25) is 10.0 Å². The fraction of sp³-hybridized carbons (Fsp3) is 0.143. The average Bonchev–Trinajstić information content (AvgIpc) is 2.90. The number of rotatable bonds is 5.